The maximum absolute atomic E-state index is 12.8. The van der Waals surface area contributed by atoms with Crippen LogP contribution in [0.2, 0.25) is 0 Å². The van der Waals surface area contributed by atoms with E-state index < -0.39 is 6.10 Å². The molecule has 0 rings (SSSR count). The highest BCUT2D eigenvalue weighted by Crippen LogP contribution is 2.17. The third-order valence-electron chi connectivity index (χ3n) is 11.5. The maximum atomic E-state index is 12.8. The lowest BCUT2D eigenvalue weighted by atomic mass is 10.0. The fraction of sp³-hybridized carbons (Fsp3) is 0.941. The second kappa shape index (κ2) is 45.5. The standard InChI is InChI=1S/C51H98O6/c1-5-7-9-11-13-15-17-19-21-22-26-30-34-38-42-49(52)55-45-48(46-56-50(53)43-39-35-31-28-24-25-29-33-37-41-47(3)4)57-51(54)44-40-36-32-27-23-20-18-16-14-12-10-8-6-2/h47-48H,5-46H2,1-4H3/t48-/m0/s1. The predicted molar refractivity (Wildman–Crippen MR) is 243 cm³/mol. The average Bonchev–Trinajstić information content (AvgIpc) is 3.19. The second-order valence-corrected chi connectivity index (χ2v) is 17.9. The van der Waals surface area contributed by atoms with E-state index in [1.807, 2.05) is 0 Å². The van der Waals surface area contributed by atoms with Gasteiger partial charge in [-0.05, 0) is 25.2 Å². The number of rotatable bonds is 46. The molecule has 0 aromatic heterocycles. The van der Waals surface area contributed by atoms with Crippen LogP contribution in [-0.4, -0.2) is 37.2 Å². The molecule has 0 aliphatic rings. The summed E-state index contributed by atoms with van der Waals surface area (Å²) in [6, 6.07) is 0. The van der Waals surface area contributed by atoms with Crippen molar-refractivity contribution in [3.8, 4) is 0 Å². The summed E-state index contributed by atoms with van der Waals surface area (Å²) in [7, 11) is 0. The summed E-state index contributed by atoms with van der Waals surface area (Å²) in [6.45, 7) is 9.00. The molecule has 0 aromatic carbocycles. The number of unbranched alkanes of at least 4 members (excludes halogenated alkanes) is 33. The molecule has 0 bridgehead atoms. The molecular weight excluding hydrogens is 709 g/mol. The monoisotopic (exact) mass is 807 g/mol. The molecule has 1 atom stereocenters. The Balaban J connectivity index is 4.31. The van der Waals surface area contributed by atoms with Crippen molar-refractivity contribution in [2.45, 2.75) is 291 Å². The summed E-state index contributed by atoms with van der Waals surface area (Å²) < 4.78 is 16.8. The lowest BCUT2D eigenvalue weighted by Gasteiger charge is -2.18. The van der Waals surface area contributed by atoms with Crippen LogP contribution in [0.15, 0.2) is 0 Å². The minimum Gasteiger partial charge on any atom is -0.462 e. The largest absolute Gasteiger partial charge is 0.462 e. The van der Waals surface area contributed by atoms with Crippen molar-refractivity contribution >= 4 is 17.9 Å². The molecule has 0 aliphatic heterocycles. The Morgan fingerprint density at radius 3 is 0.860 bits per heavy atom. The maximum Gasteiger partial charge on any atom is 0.306 e. The minimum atomic E-state index is -0.760. The van der Waals surface area contributed by atoms with Gasteiger partial charge in [0.25, 0.3) is 0 Å². The van der Waals surface area contributed by atoms with Gasteiger partial charge in [-0.25, -0.2) is 0 Å². The van der Waals surface area contributed by atoms with Gasteiger partial charge in [0.05, 0.1) is 0 Å². The Morgan fingerprint density at radius 2 is 0.579 bits per heavy atom. The molecule has 0 saturated carbocycles. The molecule has 0 heterocycles. The Hall–Kier alpha value is -1.59. The summed E-state index contributed by atoms with van der Waals surface area (Å²) in [5.41, 5.74) is 0. The van der Waals surface area contributed by atoms with E-state index in [2.05, 4.69) is 27.7 Å². The van der Waals surface area contributed by atoms with Crippen LogP contribution in [0, 0.1) is 5.92 Å². The van der Waals surface area contributed by atoms with Gasteiger partial charge in [-0.3, -0.25) is 14.4 Å². The highest BCUT2D eigenvalue weighted by molar-refractivity contribution is 5.71. The molecule has 0 fully saturated rings. The third kappa shape index (κ3) is 45.3. The van der Waals surface area contributed by atoms with E-state index in [0.29, 0.717) is 19.3 Å². The van der Waals surface area contributed by atoms with Crippen LogP contribution in [0.3, 0.4) is 0 Å². The van der Waals surface area contributed by atoms with E-state index in [1.54, 1.807) is 0 Å². The van der Waals surface area contributed by atoms with Crippen LogP contribution in [-0.2, 0) is 28.6 Å². The average molecular weight is 807 g/mol. The summed E-state index contributed by atoms with van der Waals surface area (Å²) in [6.07, 6.45) is 46.5. The molecular formula is C51H98O6. The topological polar surface area (TPSA) is 78.9 Å². The zero-order chi connectivity index (χ0) is 41.7. The molecule has 0 aromatic rings. The Kier molecular flexibility index (Phi) is 44.2. The van der Waals surface area contributed by atoms with Crippen LogP contribution >= 0.6 is 0 Å². The Labute approximate surface area is 355 Å². The highest BCUT2D eigenvalue weighted by Gasteiger charge is 2.19. The zero-order valence-electron chi connectivity index (χ0n) is 38.8. The van der Waals surface area contributed by atoms with Gasteiger partial charge >= 0.3 is 17.9 Å². The van der Waals surface area contributed by atoms with Crippen LogP contribution in [0.25, 0.3) is 0 Å². The Bertz CT molecular complexity index is 857. The van der Waals surface area contributed by atoms with Crippen molar-refractivity contribution in [3.05, 3.63) is 0 Å². The van der Waals surface area contributed by atoms with Gasteiger partial charge < -0.3 is 14.2 Å². The lowest BCUT2D eigenvalue weighted by Crippen LogP contribution is -2.30. The van der Waals surface area contributed by atoms with Crippen LogP contribution in [0.4, 0.5) is 0 Å². The first-order chi connectivity index (χ1) is 27.9. The molecule has 6 heteroatoms. The molecule has 0 amide bonds. The van der Waals surface area contributed by atoms with Crippen molar-refractivity contribution in [2.24, 2.45) is 5.92 Å². The van der Waals surface area contributed by atoms with Gasteiger partial charge in [-0.1, -0.05) is 246 Å². The second-order valence-electron chi connectivity index (χ2n) is 17.9. The van der Waals surface area contributed by atoms with Crippen molar-refractivity contribution in [1.82, 2.24) is 0 Å². The van der Waals surface area contributed by atoms with Gasteiger partial charge in [-0.15, -0.1) is 0 Å². The molecule has 0 radical (unpaired) electrons. The Morgan fingerprint density at radius 1 is 0.333 bits per heavy atom. The van der Waals surface area contributed by atoms with Gasteiger partial charge in [0.1, 0.15) is 13.2 Å². The summed E-state index contributed by atoms with van der Waals surface area (Å²) in [5.74, 6) is -0.0377. The van der Waals surface area contributed by atoms with Crippen LogP contribution in [0.5, 0.6) is 0 Å². The SMILES string of the molecule is CCCCCCCCCCCCCCCCC(=O)OC[C@@H](COC(=O)CCCCCCCCCCCC(C)C)OC(=O)CCCCCCCCCCCCCCC. The third-order valence-corrected chi connectivity index (χ3v) is 11.5. The van der Waals surface area contributed by atoms with E-state index in [-0.39, 0.29) is 31.1 Å². The highest BCUT2D eigenvalue weighted by atomic mass is 16.6. The number of carbonyl (C=O) groups is 3. The van der Waals surface area contributed by atoms with Crippen molar-refractivity contribution in [2.75, 3.05) is 13.2 Å². The molecule has 57 heavy (non-hydrogen) atoms. The number of esters is 3. The van der Waals surface area contributed by atoms with E-state index >= 15 is 0 Å². The van der Waals surface area contributed by atoms with Gasteiger partial charge in [0.15, 0.2) is 6.10 Å². The van der Waals surface area contributed by atoms with E-state index in [1.165, 1.54) is 180 Å². The number of carbonyl (C=O) groups excluding carboxylic acids is 3. The van der Waals surface area contributed by atoms with Crippen LogP contribution < -0.4 is 0 Å². The van der Waals surface area contributed by atoms with Gasteiger partial charge in [0.2, 0.25) is 0 Å². The lowest BCUT2D eigenvalue weighted by molar-refractivity contribution is -0.167. The van der Waals surface area contributed by atoms with Crippen molar-refractivity contribution in [1.29, 1.82) is 0 Å². The smallest absolute Gasteiger partial charge is 0.306 e. The molecule has 0 N–H and O–H groups in total. The predicted octanol–water partition coefficient (Wildman–Crippen LogP) is 16.3. The first-order valence-electron chi connectivity index (χ1n) is 25.4. The molecule has 0 aliphatic carbocycles. The molecule has 0 saturated heterocycles. The summed E-state index contributed by atoms with van der Waals surface area (Å²) in [5, 5.41) is 0. The molecule has 0 unspecified atom stereocenters. The van der Waals surface area contributed by atoms with Crippen molar-refractivity contribution in [3.63, 3.8) is 0 Å². The number of hydrogen-bond donors (Lipinski definition) is 0. The molecule has 6 nitrogen and oxygen atoms in total. The minimum absolute atomic E-state index is 0.0630. The summed E-state index contributed by atoms with van der Waals surface area (Å²) >= 11 is 0. The first-order valence-corrected chi connectivity index (χ1v) is 25.4. The number of hydrogen-bond acceptors (Lipinski definition) is 6. The fourth-order valence-electron chi connectivity index (χ4n) is 7.69. The van der Waals surface area contributed by atoms with E-state index in [0.717, 1.165) is 63.7 Å². The van der Waals surface area contributed by atoms with Gasteiger partial charge in [0, 0.05) is 19.3 Å². The van der Waals surface area contributed by atoms with E-state index in [4.69, 9.17) is 14.2 Å². The zero-order valence-corrected chi connectivity index (χ0v) is 38.8. The molecule has 338 valence electrons. The van der Waals surface area contributed by atoms with E-state index in [9.17, 15) is 14.4 Å². The first kappa shape index (κ1) is 55.4. The number of ether oxygens (including phenoxy) is 3. The quantitative estimate of drug-likeness (QED) is 0.0346. The van der Waals surface area contributed by atoms with Gasteiger partial charge in [-0.2, -0.15) is 0 Å². The van der Waals surface area contributed by atoms with Crippen molar-refractivity contribution < 1.29 is 28.6 Å². The normalized spacial score (nSPS) is 11.9. The molecule has 0 spiro atoms. The summed E-state index contributed by atoms with van der Waals surface area (Å²) in [4.78, 5) is 37.9. The fourth-order valence-corrected chi connectivity index (χ4v) is 7.69. The van der Waals surface area contributed by atoms with Crippen LogP contribution in [0.1, 0.15) is 285 Å².